The minimum Gasteiger partial charge on any atom is -0.360 e. The number of piperazine rings is 1. The van der Waals surface area contributed by atoms with Crippen molar-refractivity contribution in [3.8, 4) is 0 Å². The summed E-state index contributed by atoms with van der Waals surface area (Å²) >= 11 is 0. The topological polar surface area (TPSA) is 79.9 Å². The summed E-state index contributed by atoms with van der Waals surface area (Å²) in [5, 5.41) is 13.9. The van der Waals surface area contributed by atoms with Gasteiger partial charge in [-0.1, -0.05) is 26.7 Å². The number of hydrogen-bond donors (Lipinski definition) is 2. The van der Waals surface area contributed by atoms with E-state index in [1.807, 2.05) is 0 Å². The molecule has 1 aromatic rings. The molecule has 1 heterocycles. The van der Waals surface area contributed by atoms with Crippen LogP contribution in [-0.2, 0) is 4.79 Å². The van der Waals surface area contributed by atoms with E-state index in [9.17, 15) is 14.9 Å². The van der Waals surface area contributed by atoms with Crippen LogP contribution in [0.15, 0.2) is 24.3 Å². The normalized spacial score (nSPS) is 16.4. The fraction of sp³-hybridized carbons (Fsp3) is 0.650. The second-order valence-electron chi connectivity index (χ2n) is 7.98. The first-order chi connectivity index (χ1) is 12.8. The predicted octanol–water partition coefficient (Wildman–Crippen LogP) is 1.63. The molecule has 27 heavy (non-hydrogen) atoms. The number of anilines is 1. The summed E-state index contributed by atoms with van der Waals surface area (Å²) in [7, 11) is 0. The Bertz CT molecular complexity index is 610. The lowest BCUT2D eigenvalue weighted by Crippen LogP contribution is -3.16. The summed E-state index contributed by atoms with van der Waals surface area (Å²) in [6.45, 7) is 10.5. The molecular formula is C20H33N4O3+. The predicted molar refractivity (Wildman–Crippen MR) is 107 cm³/mol. The van der Waals surface area contributed by atoms with Crippen LogP contribution in [0, 0.1) is 16.0 Å². The van der Waals surface area contributed by atoms with Crippen LogP contribution in [0.25, 0.3) is 0 Å². The number of quaternary nitrogens is 1. The Kier molecular flexibility index (Phi) is 8.03. The van der Waals surface area contributed by atoms with Gasteiger partial charge in [0.15, 0.2) is 6.54 Å². The van der Waals surface area contributed by atoms with E-state index in [1.165, 1.54) is 11.3 Å². The highest BCUT2D eigenvalue weighted by atomic mass is 16.6. The summed E-state index contributed by atoms with van der Waals surface area (Å²) in [6.07, 6.45) is 3.39. The number of hydrogen-bond acceptors (Lipinski definition) is 4. The highest BCUT2D eigenvalue weighted by Crippen LogP contribution is 2.19. The van der Waals surface area contributed by atoms with Crippen LogP contribution in [-0.4, -0.2) is 49.6 Å². The molecule has 1 aromatic carbocycles. The number of nitro groups is 1. The second kappa shape index (κ2) is 10.3. The summed E-state index contributed by atoms with van der Waals surface area (Å²) < 4.78 is 0. The number of nitrogens with one attached hydrogen (secondary N) is 2. The maximum absolute atomic E-state index is 12.3. The van der Waals surface area contributed by atoms with Gasteiger partial charge >= 0.3 is 0 Å². The molecule has 0 aromatic heterocycles. The molecular weight excluding hydrogens is 344 g/mol. The summed E-state index contributed by atoms with van der Waals surface area (Å²) in [5.74, 6) is 0.843. The Morgan fingerprint density at radius 1 is 1.19 bits per heavy atom. The molecule has 2 N–H and O–H groups in total. The van der Waals surface area contributed by atoms with Gasteiger partial charge in [-0.05, 0) is 31.4 Å². The van der Waals surface area contributed by atoms with Crippen molar-refractivity contribution in [3.05, 3.63) is 34.4 Å². The number of carbonyl (C=O) groups excluding carboxylic acids is 1. The van der Waals surface area contributed by atoms with E-state index in [4.69, 9.17) is 0 Å². The minimum atomic E-state index is -0.381. The number of non-ortho nitro benzene ring substituents is 1. The van der Waals surface area contributed by atoms with Crippen molar-refractivity contribution in [2.24, 2.45) is 5.92 Å². The molecule has 2 rings (SSSR count). The van der Waals surface area contributed by atoms with Crippen molar-refractivity contribution in [2.45, 2.75) is 46.1 Å². The van der Waals surface area contributed by atoms with E-state index >= 15 is 0 Å². The molecule has 1 aliphatic rings. The van der Waals surface area contributed by atoms with Crippen molar-refractivity contribution in [1.82, 2.24) is 5.32 Å². The van der Waals surface area contributed by atoms with Gasteiger partial charge in [0.1, 0.15) is 0 Å². The molecule has 0 spiro atoms. The number of nitrogens with zero attached hydrogens (tertiary/aromatic N) is 2. The van der Waals surface area contributed by atoms with Gasteiger partial charge in [0, 0.05) is 23.9 Å². The Balaban J connectivity index is 1.70. The number of rotatable bonds is 9. The molecule has 0 radical (unpaired) electrons. The van der Waals surface area contributed by atoms with Crippen molar-refractivity contribution in [1.29, 1.82) is 0 Å². The van der Waals surface area contributed by atoms with Gasteiger partial charge in [-0.25, -0.2) is 0 Å². The third-order valence-electron chi connectivity index (χ3n) is 5.13. The summed E-state index contributed by atoms with van der Waals surface area (Å²) in [5.41, 5.74) is 1.12. The van der Waals surface area contributed by atoms with E-state index in [0.29, 0.717) is 12.5 Å². The van der Waals surface area contributed by atoms with Crippen molar-refractivity contribution < 1.29 is 14.6 Å². The standard InChI is InChI=1S/C20H32N4O3/c1-16(2)5-4-6-17(3)21-20(25)15-22-11-13-23(14-12-22)18-7-9-19(10-8-18)24(26)27/h7-10,16-17H,4-6,11-15H2,1-3H3,(H,21,25)/p+1/t17-/m1/s1. The average molecular weight is 378 g/mol. The lowest BCUT2D eigenvalue weighted by Gasteiger charge is -2.33. The van der Waals surface area contributed by atoms with Gasteiger partial charge in [0.05, 0.1) is 31.1 Å². The first kappa shape index (κ1) is 21.2. The smallest absolute Gasteiger partial charge is 0.275 e. The highest BCUT2D eigenvalue weighted by molar-refractivity contribution is 5.77. The highest BCUT2D eigenvalue weighted by Gasteiger charge is 2.23. The quantitative estimate of drug-likeness (QED) is 0.506. The van der Waals surface area contributed by atoms with Crippen LogP contribution >= 0.6 is 0 Å². The molecule has 0 saturated carbocycles. The Morgan fingerprint density at radius 3 is 2.37 bits per heavy atom. The third-order valence-corrected chi connectivity index (χ3v) is 5.13. The zero-order valence-electron chi connectivity index (χ0n) is 16.7. The lowest BCUT2D eigenvalue weighted by molar-refractivity contribution is -0.892. The molecule has 0 unspecified atom stereocenters. The van der Waals surface area contributed by atoms with Crippen molar-refractivity contribution in [3.63, 3.8) is 0 Å². The maximum atomic E-state index is 12.3. The van der Waals surface area contributed by atoms with E-state index in [2.05, 4.69) is 31.0 Å². The Labute approximate surface area is 161 Å². The number of benzene rings is 1. The largest absolute Gasteiger partial charge is 0.360 e. The fourth-order valence-corrected chi connectivity index (χ4v) is 3.50. The summed E-state index contributed by atoms with van der Waals surface area (Å²) in [6, 6.07) is 6.92. The molecule has 1 aliphatic heterocycles. The molecule has 7 nitrogen and oxygen atoms in total. The first-order valence-corrected chi connectivity index (χ1v) is 9.97. The van der Waals surface area contributed by atoms with Gasteiger partial charge in [-0.2, -0.15) is 0 Å². The van der Waals surface area contributed by atoms with Crippen molar-refractivity contribution >= 4 is 17.3 Å². The molecule has 1 fully saturated rings. The van der Waals surface area contributed by atoms with Crippen LogP contribution < -0.4 is 15.1 Å². The van der Waals surface area contributed by atoms with Crippen LogP contribution in [0.4, 0.5) is 11.4 Å². The van der Waals surface area contributed by atoms with Gasteiger partial charge in [-0.3, -0.25) is 14.9 Å². The van der Waals surface area contributed by atoms with Crippen LogP contribution in [0.2, 0.25) is 0 Å². The minimum absolute atomic E-state index is 0.113. The van der Waals surface area contributed by atoms with E-state index < -0.39 is 0 Å². The van der Waals surface area contributed by atoms with Crippen LogP contribution in [0.1, 0.15) is 40.0 Å². The second-order valence-corrected chi connectivity index (χ2v) is 7.98. The molecule has 7 heteroatoms. The lowest BCUT2D eigenvalue weighted by atomic mass is 10.0. The molecule has 1 atom stereocenters. The van der Waals surface area contributed by atoms with Gasteiger partial charge < -0.3 is 15.1 Å². The summed E-state index contributed by atoms with van der Waals surface area (Å²) in [4.78, 5) is 26.1. The van der Waals surface area contributed by atoms with Gasteiger partial charge in [-0.15, -0.1) is 0 Å². The third kappa shape index (κ3) is 7.17. The monoisotopic (exact) mass is 377 g/mol. The molecule has 1 saturated heterocycles. The maximum Gasteiger partial charge on any atom is 0.275 e. The number of amides is 1. The first-order valence-electron chi connectivity index (χ1n) is 9.97. The fourth-order valence-electron chi connectivity index (χ4n) is 3.50. The molecule has 0 bridgehead atoms. The van der Waals surface area contributed by atoms with Gasteiger partial charge in [0.2, 0.25) is 0 Å². The molecule has 0 aliphatic carbocycles. The average Bonchev–Trinajstić information content (AvgIpc) is 2.62. The zero-order valence-corrected chi connectivity index (χ0v) is 16.7. The zero-order chi connectivity index (χ0) is 19.8. The Morgan fingerprint density at radius 2 is 1.81 bits per heavy atom. The van der Waals surface area contributed by atoms with E-state index in [1.54, 1.807) is 24.3 Å². The van der Waals surface area contributed by atoms with Crippen LogP contribution in [0.5, 0.6) is 0 Å². The van der Waals surface area contributed by atoms with E-state index in [-0.39, 0.29) is 22.6 Å². The SMILES string of the molecule is CC(C)CCC[C@@H](C)NC(=O)C[NH+]1CCN(c2ccc([N+](=O)[O-])cc2)CC1. The number of nitro benzene ring substituents is 1. The Hall–Kier alpha value is -2.15. The number of carbonyl (C=O) groups is 1. The van der Waals surface area contributed by atoms with E-state index in [0.717, 1.165) is 44.7 Å². The van der Waals surface area contributed by atoms with Gasteiger partial charge in [0.25, 0.3) is 11.6 Å². The van der Waals surface area contributed by atoms with Crippen LogP contribution in [0.3, 0.4) is 0 Å². The molecule has 1 amide bonds. The van der Waals surface area contributed by atoms with Crippen molar-refractivity contribution in [2.75, 3.05) is 37.6 Å². The molecule has 150 valence electrons.